The molecule has 3 aromatic rings. The number of aryl methyl sites for hydroxylation is 1. The molecule has 4 heterocycles. The maximum atomic E-state index is 13.3. The first-order valence-electron chi connectivity index (χ1n) is 10.2. The van der Waals surface area contributed by atoms with Crippen LogP contribution in [0.2, 0.25) is 0 Å². The lowest BCUT2D eigenvalue weighted by molar-refractivity contribution is 0.0773. The van der Waals surface area contributed by atoms with E-state index < -0.39 is 15.4 Å². The molecule has 0 saturated carbocycles. The van der Waals surface area contributed by atoms with Gasteiger partial charge in [0.2, 0.25) is 15.9 Å². The van der Waals surface area contributed by atoms with E-state index in [0.717, 1.165) is 10.9 Å². The summed E-state index contributed by atoms with van der Waals surface area (Å²) in [4.78, 5) is 23.9. The monoisotopic (exact) mass is 441 g/mol. The van der Waals surface area contributed by atoms with Gasteiger partial charge in [0.15, 0.2) is 5.82 Å². The van der Waals surface area contributed by atoms with Crippen molar-refractivity contribution < 1.29 is 17.7 Å². The van der Waals surface area contributed by atoms with Gasteiger partial charge in [-0.2, -0.15) is 4.98 Å². The third-order valence-corrected chi connectivity index (χ3v) is 8.22. The van der Waals surface area contributed by atoms with Crippen molar-refractivity contribution in [2.24, 2.45) is 5.92 Å². The molecule has 2 aliphatic heterocycles. The fourth-order valence-electron chi connectivity index (χ4n) is 4.76. The molecule has 2 fully saturated rings. The number of amides is 1. The first kappa shape index (κ1) is 20.1. The Morgan fingerprint density at radius 2 is 2.10 bits per heavy atom. The number of carbonyl (C=O) groups is 1. The Labute approximate surface area is 180 Å². The number of sulfonamides is 1. The average molecular weight is 442 g/mol. The Balaban J connectivity index is 1.48. The first-order valence-corrected chi connectivity index (χ1v) is 11.9. The van der Waals surface area contributed by atoms with Crippen LogP contribution in [0.3, 0.4) is 0 Å². The van der Waals surface area contributed by atoms with Gasteiger partial charge in [0, 0.05) is 49.2 Å². The molecule has 162 valence electrons. The molecule has 10 heteroatoms. The first-order chi connectivity index (χ1) is 14.8. The maximum absolute atomic E-state index is 13.3. The highest BCUT2D eigenvalue weighted by Gasteiger charge is 2.59. The lowest BCUT2D eigenvalue weighted by Gasteiger charge is -2.25. The summed E-state index contributed by atoms with van der Waals surface area (Å²) in [6, 6.07) is 9.23. The van der Waals surface area contributed by atoms with E-state index in [0.29, 0.717) is 36.9 Å². The number of benzene rings is 1. The van der Waals surface area contributed by atoms with Crippen molar-refractivity contribution in [3.05, 3.63) is 53.8 Å². The molecular weight excluding hydrogens is 418 g/mol. The van der Waals surface area contributed by atoms with Crippen LogP contribution >= 0.6 is 0 Å². The van der Waals surface area contributed by atoms with Crippen LogP contribution in [0.25, 0.3) is 10.9 Å². The van der Waals surface area contributed by atoms with Gasteiger partial charge >= 0.3 is 0 Å². The highest BCUT2D eigenvalue weighted by atomic mass is 32.2. The summed E-state index contributed by atoms with van der Waals surface area (Å²) in [5.41, 5.74) is 0.711. The maximum Gasteiger partial charge on any atom is 0.253 e. The van der Waals surface area contributed by atoms with Gasteiger partial charge in [-0.15, -0.1) is 0 Å². The quantitative estimate of drug-likeness (QED) is 0.605. The van der Waals surface area contributed by atoms with Gasteiger partial charge in [-0.1, -0.05) is 11.2 Å². The summed E-state index contributed by atoms with van der Waals surface area (Å²) in [6.45, 7) is 4.70. The lowest BCUT2D eigenvalue weighted by Crippen LogP contribution is -2.41. The van der Waals surface area contributed by atoms with Gasteiger partial charge in [0.05, 0.1) is 16.7 Å². The number of pyridine rings is 1. The normalized spacial score (nSPS) is 24.1. The van der Waals surface area contributed by atoms with Crippen LogP contribution in [0.4, 0.5) is 0 Å². The second kappa shape index (κ2) is 7.10. The Kier molecular flexibility index (Phi) is 4.60. The molecular formula is C21H23N5O4S. The Bertz CT molecular complexity index is 1270. The number of hydrogen-bond acceptors (Lipinski definition) is 7. The van der Waals surface area contributed by atoms with Crippen molar-refractivity contribution in [2.45, 2.75) is 19.3 Å². The molecule has 0 bridgehead atoms. The summed E-state index contributed by atoms with van der Waals surface area (Å²) in [6.07, 6.45) is 1.72. The molecule has 2 atom stereocenters. The standard InChI is InChI=1S/C21H23N5O4S/c1-3-31(28,29)26-11-17-10-25(12-21(17,13-26)20-23-14(2)24-30-20)19(27)16-6-7-18-15(9-16)5-4-8-22-18/h4-9,17H,3,10-13H2,1-2H3/t17-,21-/m0/s1. The van der Waals surface area contributed by atoms with Gasteiger partial charge in [0.25, 0.3) is 5.91 Å². The molecule has 0 N–H and O–H groups in total. The van der Waals surface area contributed by atoms with Crippen molar-refractivity contribution in [1.82, 2.24) is 24.3 Å². The molecule has 0 unspecified atom stereocenters. The third kappa shape index (κ3) is 3.21. The molecule has 9 nitrogen and oxygen atoms in total. The molecule has 2 aliphatic rings. The minimum absolute atomic E-state index is 0.0342. The molecule has 1 amide bonds. The number of fused-ring (bicyclic) bond motifs is 2. The van der Waals surface area contributed by atoms with Gasteiger partial charge in [-0.05, 0) is 38.1 Å². The predicted molar refractivity (Wildman–Crippen MR) is 113 cm³/mol. The van der Waals surface area contributed by atoms with E-state index in [1.165, 1.54) is 4.31 Å². The van der Waals surface area contributed by atoms with Crippen molar-refractivity contribution in [2.75, 3.05) is 31.9 Å². The molecule has 0 radical (unpaired) electrons. The van der Waals surface area contributed by atoms with Crippen LogP contribution in [0.1, 0.15) is 29.0 Å². The fraction of sp³-hybridized carbons (Fsp3) is 0.429. The molecule has 31 heavy (non-hydrogen) atoms. The average Bonchev–Trinajstić information content (AvgIpc) is 3.45. The largest absolute Gasteiger partial charge is 0.339 e. The van der Waals surface area contributed by atoms with Crippen molar-refractivity contribution in [3.63, 3.8) is 0 Å². The van der Waals surface area contributed by atoms with Gasteiger partial charge < -0.3 is 9.42 Å². The smallest absolute Gasteiger partial charge is 0.253 e. The van der Waals surface area contributed by atoms with E-state index in [2.05, 4.69) is 15.1 Å². The zero-order valence-electron chi connectivity index (χ0n) is 17.4. The second-order valence-corrected chi connectivity index (χ2v) is 10.5. The summed E-state index contributed by atoms with van der Waals surface area (Å²) in [7, 11) is -3.36. The van der Waals surface area contributed by atoms with E-state index in [4.69, 9.17) is 4.52 Å². The molecule has 1 aromatic carbocycles. The lowest BCUT2D eigenvalue weighted by atomic mass is 9.81. The van der Waals surface area contributed by atoms with E-state index >= 15 is 0 Å². The van der Waals surface area contributed by atoms with E-state index in [1.54, 1.807) is 31.0 Å². The van der Waals surface area contributed by atoms with Gasteiger partial charge in [-0.25, -0.2) is 12.7 Å². The third-order valence-electron chi connectivity index (χ3n) is 6.43. The van der Waals surface area contributed by atoms with Crippen LogP contribution in [0.5, 0.6) is 0 Å². The van der Waals surface area contributed by atoms with Crippen LogP contribution in [0, 0.1) is 12.8 Å². The second-order valence-electron chi connectivity index (χ2n) is 8.29. The molecule has 5 rings (SSSR count). The van der Waals surface area contributed by atoms with E-state index in [-0.39, 0.29) is 24.1 Å². The molecule has 0 spiro atoms. The highest BCUT2D eigenvalue weighted by Crippen LogP contribution is 2.45. The van der Waals surface area contributed by atoms with Crippen LogP contribution in [-0.2, 0) is 15.4 Å². The number of hydrogen-bond donors (Lipinski definition) is 0. The SMILES string of the molecule is CCS(=O)(=O)N1C[C@@H]2CN(C(=O)c3ccc4ncccc4c3)C[C@]2(c2nc(C)no2)C1. The highest BCUT2D eigenvalue weighted by molar-refractivity contribution is 7.89. The van der Waals surface area contributed by atoms with Crippen molar-refractivity contribution >= 4 is 26.8 Å². The number of carbonyl (C=O) groups excluding carboxylic acids is 1. The number of likely N-dealkylation sites (tertiary alicyclic amines) is 1. The zero-order valence-corrected chi connectivity index (χ0v) is 18.2. The van der Waals surface area contributed by atoms with E-state index in [1.807, 2.05) is 24.3 Å². The Hall–Kier alpha value is -2.85. The van der Waals surface area contributed by atoms with Gasteiger partial charge in [0.1, 0.15) is 0 Å². The van der Waals surface area contributed by atoms with Crippen molar-refractivity contribution in [1.29, 1.82) is 0 Å². The minimum Gasteiger partial charge on any atom is -0.339 e. The van der Waals surface area contributed by atoms with E-state index in [9.17, 15) is 13.2 Å². The van der Waals surface area contributed by atoms with Crippen LogP contribution in [0.15, 0.2) is 41.1 Å². The Morgan fingerprint density at radius 3 is 2.84 bits per heavy atom. The number of rotatable bonds is 4. The molecule has 2 aromatic heterocycles. The van der Waals surface area contributed by atoms with Gasteiger partial charge in [-0.3, -0.25) is 9.78 Å². The van der Waals surface area contributed by atoms with Crippen LogP contribution < -0.4 is 0 Å². The summed E-state index contributed by atoms with van der Waals surface area (Å²) < 4.78 is 32.1. The summed E-state index contributed by atoms with van der Waals surface area (Å²) in [5.74, 6) is 0.723. The summed E-state index contributed by atoms with van der Waals surface area (Å²) in [5, 5.41) is 4.82. The van der Waals surface area contributed by atoms with Crippen LogP contribution in [-0.4, -0.2) is 70.6 Å². The Morgan fingerprint density at radius 1 is 1.26 bits per heavy atom. The number of nitrogens with zero attached hydrogens (tertiary/aromatic N) is 5. The minimum atomic E-state index is -3.36. The molecule has 0 aliphatic carbocycles. The van der Waals surface area contributed by atoms with Crippen molar-refractivity contribution in [3.8, 4) is 0 Å². The number of aromatic nitrogens is 3. The predicted octanol–water partition coefficient (Wildman–Crippen LogP) is 1.60. The fourth-order valence-corrected chi connectivity index (χ4v) is 5.96. The zero-order chi connectivity index (χ0) is 21.8. The molecule has 2 saturated heterocycles. The summed E-state index contributed by atoms with van der Waals surface area (Å²) >= 11 is 0. The topological polar surface area (TPSA) is 110 Å².